The normalized spacial score (nSPS) is 14.2. The number of hydrogen-bond donors (Lipinski definition) is 3. The van der Waals surface area contributed by atoms with Gasteiger partial charge < -0.3 is 20.6 Å². The van der Waals surface area contributed by atoms with Crippen LogP contribution in [0.5, 0.6) is 0 Å². The third-order valence-electron chi connectivity index (χ3n) is 2.87. The fourth-order valence-corrected chi connectivity index (χ4v) is 1.85. The summed E-state index contributed by atoms with van der Waals surface area (Å²) < 4.78 is 0. The molecule has 0 atom stereocenters. The van der Waals surface area contributed by atoms with Gasteiger partial charge in [-0.1, -0.05) is 6.92 Å². The topological polar surface area (TPSA) is 77.5 Å². The number of hydrogen-bond acceptors (Lipinski definition) is 5. The molecule has 1 aromatic heterocycles. The minimum atomic E-state index is -0.745. The van der Waals surface area contributed by atoms with Crippen LogP contribution in [-0.2, 0) is 4.79 Å². The molecule has 6 heteroatoms. The summed E-state index contributed by atoms with van der Waals surface area (Å²) in [6, 6.07) is 4.07. The quantitative estimate of drug-likeness (QED) is 0.774. The molecule has 6 nitrogen and oxygen atoms in total. The largest absolute Gasteiger partial charge is 0.481 e. The van der Waals surface area contributed by atoms with Gasteiger partial charge in [0.2, 0.25) is 0 Å². The molecular formula is C14H24N4O2. The maximum atomic E-state index is 9.37. The Labute approximate surface area is 120 Å². The van der Waals surface area contributed by atoms with Crippen LogP contribution in [0.1, 0.15) is 20.3 Å². The molecule has 112 valence electrons. The van der Waals surface area contributed by atoms with Gasteiger partial charge in [0.05, 0.1) is 5.69 Å². The fourth-order valence-electron chi connectivity index (χ4n) is 1.85. The zero-order chi connectivity index (χ0) is 14.8. The van der Waals surface area contributed by atoms with Crippen LogP contribution >= 0.6 is 0 Å². The van der Waals surface area contributed by atoms with E-state index in [0.717, 1.165) is 44.2 Å². The van der Waals surface area contributed by atoms with Crippen molar-refractivity contribution in [2.45, 2.75) is 20.3 Å². The third-order valence-corrected chi connectivity index (χ3v) is 2.87. The van der Waals surface area contributed by atoms with Gasteiger partial charge in [0.15, 0.2) is 5.82 Å². The number of carboxylic acid groups (broad SMARTS) is 1. The number of anilines is 2. The van der Waals surface area contributed by atoms with Crippen LogP contribution in [-0.4, -0.2) is 48.8 Å². The Morgan fingerprint density at radius 1 is 1.45 bits per heavy atom. The summed E-state index contributed by atoms with van der Waals surface area (Å²) in [5.74, 6) is 0.339. The summed E-state index contributed by atoms with van der Waals surface area (Å²) in [7, 11) is 0. The van der Waals surface area contributed by atoms with Crippen molar-refractivity contribution >= 4 is 17.5 Å². The first-order valence-corrected chi connectivity index (χ1v) is 7.05. The number of nitrogens with zero attached hydrogens (tertiary/aromatic N) is 2. The maximum absolute atomic E-state index is 9.37. The van der Waals surface area contributed by atoms with E-state index in [9.17, 15) is 4.79 Å². The lowest BCUT2D eigenvalue weighted by Gasteiger charge is -2.29. The van der Waals surface area contributed by atoms with Crippen LogP contribution in [0, 0.1) is 0 Å². The van der Waals surface area contributed by atoms with Crippen molar-refractivity contribution in [1.82, 2.24) is 10.3 Å². The number of pyridine rings is 1. The first-order chi connectivity index (χ1) is 9.69. The van der Waals surface area contributed by atoms with E-state index < -0.39 is 5.97 Å². The third kappa shape index (κ3) is 5.44. The molecule has 2 rings (SSSR count). The molecule has 0 radical (unpaired) electrons. The molecule has 1 aliphatic rings. The lowest BCUT2D eigenvalue weighted by Crippen LogP contribution is -2.44. The molecular weight excluding hydrogens is 256 g/mol. The second kappa shape index (κ2) is 9.14. The van der Waals surface area contributed by atoms with Gasteiger partial charge in [-0.3, -0.25) is 4.79 Å². The van der Waals surface area contributed by atoms with Crippen molar-refractivity contribution in [1.29, 1.82) is 0 Å². The Morgan fingerprint density at radius 3 is 2.65 bits per heavy atom. The van der Waals surface area contributed by atoms with E-state index in [2.05, 4.69) is 33.5 Å². The molecule has 0 spiro atoms. The summed E-state index contributed by atoms with van der Waals surface area (Å²) in [5.41, 5.74) is 1.14. The Kier molecular flexibility index (Phi) is 7.42. The van der Waals surface area contributed by atoms with Crippen LogP contribution in [0.2, 0.25) is 0 Å². The number of rotatable bonds is 4. The van der Waals surface area contributed by atoms with Crippen molar-refractivity contribution in [3.63, 3.8) is 0 Å². The van der Waals surface area contributed by atoms with Gasteiger partial charge in [-0.05, 0) is 19.1 Å². The SMILES string of the molecule is CCC(=O)O.CCNc1cccnc1N1CCNCC1. The standard InChI is InChI=1S/C11H18N4.C3H6O2/c1-2-13-10-4-3-5-14-11(10)15-8-6-12-7-9-15;1-2-3(4)5/h3-5,12-13H,2,6-9H2,1H3;2H2,1H3,(H,4,5). The molecule has 0 saturated carbocycles. The van der Waals surface area contributed by atoms with E-state index in [1.807, 2.05) is 12.3 Å². The first-order valence-electron chi connectivity index (χ1n) is 7.05. The van der Waals surface area contributed by atoms with E-state index in [0.29, 0.717) is 0 Å². The molecule has 1 aliphatic heterocycles. The molecule has 20 heavy (non-hydrogen) atoms. The second-order valence-corrected chi connectivity index (χ2v) is 4.39. The van der Waals surface area contributed by atoms with Gasteiger partial charge >= 0.3 is 5.97 Å². The van der Waals surface area contributed by atoms with Crippen molar-refractivity contribution in [3.05, 3.63) is 18.3 Å². The van der Waals surface area contributed by atoms with Crippen LogP contribution in [0.3, 0.4) is 0 Å². The van der Waals surface area contributed by atoms with Crippen molar-refractivity contribution in [3.8, 4) is 0 Å². The Hall–Kier alpha value is -1.82. The van der Waals surface area contributed by atoms with E-state index >= 15 is 0 Å². The van der Waals surface area contributed by atoms with E-state index in [1.54, 1.807) is 6.92 Å². The highest BCUT2D eigenvalue weighted by Crippen LogP contribution is 2.22. The van der Waals surface area contributed by atoms with Gasteiger partial charge in [0, 0.05) is 45.3 Å². The summed E-state index contributed by atoms with van der Waals surface area (Å²) >= 11 is 0. The molecule has 2 heterocycles. The Balaban J connectivity index is 0.000000347. The minimum Gasteiger partial charge on any atom is -0.481 e. The van der Waals surface area contributed by atoms with Gasteiger partial charge in [0.1, 0.15) is 0 Å². The Morgan fingerprint density at radius 2 is 2.10 bits per heavy atom. The van der Waals surface area contributed by atoms with E-state index in [-0.39, 0.29) is 6.42 Å². The van der Waals surface area contributed by atoms with E-state index in [1.165, 1.54) is 0 Å². The lowest BCUT2D eigenvalue weighted by molar-refractivity contribution is -0.136. The van der Waals surface area contributed by atoms with Crippen molar-refractivity contribution in [2.75, 3.05) is 42.9 Å². The highest BCUT2D eigenvalue weighted by Gasteiger charge is 2.14. The number of carboxylic acids is 1. The Bertz CT molecular complexity index is 406. The summed E-state index contributed by atoms with van der Waals surface area (Å²) in [4.78, 5) is 16.2. The number of aliphatic carboxylic acids is 1. The first kappa shape index (κ1) is 16.2. The zero-order valence-electron chi connectivity index (χ0n) is 12.2. The van der Waals surface area contributed by atoms with Gasteiger partial charge in [-0.25, -0.2) is 4.98 Å². The smallest absolute Gasteiger partial charge is 0.303 e. The molecule has 0 unspecified atom stereocenters. The number of piperazine rings is 1. The van der Waals surface area contributed by atoms with Gasteiger partial charge in [-0.15, -0.1) is 0 Å². The van der Waals surface area contributed by atoms with Crippen molar-refractivity contribution in [2.24, 2.45) is 0 Å². The predicted octanol–water partition coefficient (Wildman–Crippen LogP) is 1.40. The maximum Gasteiger partial charge on any atom is 0.303 e. The van der Waals surface area contributed by atoms with Crippen LogP contribution < -0.4 is 15.5 Å². The molecule has 1 aromatic rings. The average molecular weight is 280 g/mol. The molecule has 1 saturated heterocycles. The molecule has 0 aromatic carbocycles. The van der Waals surface area contributed by atoms with Gasteiger partial charge in [0.25, 0.3) is 0 Å². The van der Waals surface area contributed by atoms with Crippen LogP contribution in [0.4, 0.5) is 11.5 Å². The second-order valence-electron chi connectivity index (χ2n) is 4.39. The fraction of sp³-hybridized carbons (Fsp3) is 0.571. The highest BCUT2D eigenvalue weighted by molar-refractivity contribution is 5.66. The van der Waals surface area contributed by atoms with Crippen molar-refractivity contribution < 1.29 is 9.90 Å². The molecule has 0 bridgehead atoms. The lowest BCUT2D eigenvalue weighted by atomic mass is 10.3. The monoisotopic (exact) mass is 280 g/mol. The summed E-state index contributed by atoms with van der Waals surface area (Å²) in [6.45, 7) is 8.80. The minimum absolute atomic E-state index is 0.222. The number of nitrogens with one attached hydrogen (secondary N) is 2. The predicted molar refractivity (Wildman–Crippen MR) is 81.4 cm³/mol. The van der Waals surface area contributed by atoms with Crippen LogP contribution in [0.25, 0.3) is 0 Å². The molecule has 0 aliphatic carbocycles. The number of aromatic nitrogens is 1. The highest BCUT2D eigenvalue weighted by atomic mass is 16.4. The molecule has 1 fully saturated rings. The number of carbonyl (C=O) groups is 1. The van der Waals surface area contributed by atoms with Crippen LogP contribution in [0.15, 0.2) is 18.3 Å². The zero-order valence-corrected chi connectivity index (χ0v) is 12.2. The average Bonchev–Trinajstić information content (AvgIpc) is 2.49. The molecule has 0 amide bonds. The summed E-state index contributed by atoms with van der Waals surface area (Å²) in [6.07, 6.45) is 2.08. The van der Waals surface area contributed by atoms with Gasteiger partial charge in [-0.2, -0.15) is 0 Å². The summed E-state index contributed by atoms with van der Waals surface area (Å²) in [5, 5.41) is 14.4. The van der Waals surface area contributed by atoms with E-state index in [4.69, 9.17) is 5.11 Å². The molecule has 3 N–H and O–H groups in total.